The van der Waals surface area contributed by atoms with E-state index in [9.17, 15) is 13.2 Å². The summed E-state index contributed by atoms with van der Waals surface area (Å²) in [5.41, 5.74) is 1.41. The molecule has 0 aliphatic rings. The van der Waals surface area contributed by atoms with Crippen molar-refractivity contribution in [1.82, 2.24) is 34.9 Å². The summed E-state index contributed by atoms with van der Waals surface area (Å²) in [6.45, 7) is 0.0135. The monoisotopic (exact) mass is 443 g/mol. The highest BCUT2D eigenvalue weighted by molar-refractivity contribution is 5.49. The SMILES string of the molecule is FC(F)(F)CCn1nc(-c2cccc(OCc3ccccc3)n2)nc1CCc1ncn[nH]1. The van der Waals surface area contributed by atoms with Crippen LogP contribution in [0.15, 0.2) is 54.9 Å². The van der Waals surface area contributed by atoms with E-state index in [0.717, 1.165) is 5.56 Å². The number of alkyl halides is 3. The van der Waals surface area contributed by atoms with E-state index in [2.05, 4.69) is 30.2 Å². The van der Waals surface area contributed by atoms with Crippen molar-refractivity contribution in [1.29, 1.82) is 0 Å². The van der Waals surface area contributed by atoms with Crippen molar-refractivity contribution in [2.45, 2.75) is 38.6 Å². The number of benzene rings is 1. The highest BCUT2D eigenvalue weighted by Crippen LogP contribution is 2.22. The Morgan fingerprint density at radius 2 is 1.81 bits per heavy atom. The van der Waals surface area contributed by atoms with Crippen LogP contribution in [0.2, 0.25) is 0 Å². The molecule has 11 heteroatoms. The fourth-order valence-electron chi connectivity index (χ4n) is 3.01. The average Bonchev–Trinajstić information content (AvgIpc) is 3.45. The lowest BCUT2D eigenvalue weighted by Gasteiger charge is -2.08. The van der Waals surface area contributed by atoms with E-state index >= 15 is 0 Å². The van der Waals surface area contributed by atoms with Gasteiger partial charge in [0.05, 0.1) is 13.0 Å². The molecule has 0 aliphatic carbocycles. The molecule has 3 heterocycles. The van der Waals surface area contributed by atoms with Crippen LogP contribution in [0, 0.1) is 0 Å². The van der Waals surface area contributed by atoms with Crippen molar-refractivity contribution < 1.29 is 17.9 Å². The van der Waals surface area contributed by atoms with Crippen LogP contribution in [0.25, 0.3) is 11.5 Å². The molecule has 0 aliphatic heterocycles. The van der Waals surface area contributed by atoms with E-state index in [1.807, 2.05) is 30.3 Å². The van der Waals surface area contributed by atoms with Gasteiger partial charge in [0.2, 0.25) is 5.88 Å². The molecule has 4 aromatic rings. The summed E-state index contributed by atoms with van der Waals surface area (Å²) in [5.74, 6) is 1.65. The molecule has 1 aromatic carbocycles. The zero-order chi connectivity index (χ0) is 22.4. The molecule has 4 rings (SSSR count). The Hall–Kier alpha value is -3.76. The number of aryl methyl sites for hydroxylation is 3. The van der Waals surface area contributed by atoms with Gasteiger partial charge in [-0.1, -0.05) is 36.4 Å². The summed E-state index contributed by atoms with van der Waals surface area (Å²) in [5, 5.41) is 10.8. The first-order valence-electron chi connectivity index (χ1n) is 9.95. The van der Waals surface area contributed by atoms with E-state index in [0.29, 0.717) is 42.7 Å². The van der Waals surface area contributed by atoms with Crippen molar-refractivity contribution in [3.05, 3.63) is 72.1 Å². The van der Waals surface area contributed by atoms with Gasteiger partial charge in [-0.15, -0.1) is 5.10 Å². The number of pyridine rings is 1. The van der Waals surface area contributed by atoms with Gasteiger partial charge in [-0.3, -0.25) is 5.10 Å². The largest absolute Gasteiger partial charge is 0.473 e. The van der Waals surface area contributed by atoms with Crippen molar-refractivity contribution in [3.63, 3.8) is 0 Å². The van der Waals surface area contributed by atoms with E-state index in [1.165, 1.54) is 11.0 Å². The number of ether oxygens (including phenoxy) is 1. The van der Waals surface area contributed by atoms with Gasteiger partial charge < -0.3 is 4.74 Å². The molecule has 0 spiro atoms. The quantitative estimate of drug-likeness (QED) is 0.423. The van der Waals surface area contributed by atoms with Gasteiger partial charge in [0, 0.05) is 18.9 Å². The molecular formula is C21H20F3N7O. The van der Waals surface area contributed by atoms with Crippen LogP contribution in [-0.2, 0) is 26.0 Å². The lowest BCUT2D eigenvalue weighted by molar-refractivity contribution is -0.137. The topological polar surface area (TPSA) is 94.4 Å². The third-order valence-electron chi connectivity index (χ3n) is 4.59. The molecule has 0 saturated heterocycles. The highest BCUT2D eigenvalue weighted by Gasteiger charge is 2.28. The summed E-state index contributed by atoms with van der Waals surface area (Å²) in [4.78, 5) is 12.9. The summed E-state index contributed by atoms with van der Waals surface area (Å²) in [7, 11) is 0. The third-order valence-corrected chi connectivity index (χ3v) is 4.59. The van der Waals surface area contributed by atoms with Crippen molar-refractivity contribution in [3.8, 4) is 17.4 Å². The zero-order valence-corrected chi connectivity index (χ0v) is 17.0. The number of hydrogen-bond donors (Lipinski definition) is 1. The Kier molecular flexibility index (Phi) is 6.43. The smallest absolute Gasteiger partial charge is 0.390 e. The van der Waals surface area contributed by atoms with Crippen LogP contribution < -0.4 is 4.74 Å². The molecule has 0 fully saturated rings. The maximum Gasteiger partial charge on any atom is 0.390 e. The second-order valence-electron chi connectivity index (χ2n) is 7.01. The van der Waals surface area contributed by atoms with Crippen LogP contribution in [0.1, 0.15) is 23.6 Å². The maximum atomic E-state index is 12.8. The van der Waals surface area contributed by atoms with Crippen LogP contribution >= 0.6 is 0 Å². The highest BCUT2D eigenvalue weighted by atomic mass is 19.4. The Bertz CT molecular complexity index is 1130. The number of H-pyrrole nitrogens is 1. The third kappa shape index (κ3) is 5.90. The standard InChI is InChI=1S/C21H20F3N7O/c22-21(23,24)11-12-31-18(10-9-17-25-14-26-29-17)28-20(30-31)16-7-4-8-19(27-16)32-13-15-5-2-1-3-6-15/h1-8,14H,9-13H2,(H,25,26,29). The normalized spacial score (nSPS) is 11.6. The number of halogens is 3. The Morgan fingerprint density at radius 3 is 2.56 bits per heavy atom. The molecule has 0 bridgehead atoms. The van der Waals surface area contributed by atoms with Gasteiger partial charge in [-0.2, -0.15) is 18.3 Å². The van der Waals surface area contributed by atoms with Crippen LogP contribution in [0.4, 0.5) is 13.2 Å². The molecule has 0 unspecified atom stereocenters. The van der Waals surface area contributed by atoms with Crippen molar-refractivity contribution in [2.75, 3.05) is 0 Å². The van der Waals surface area contributed by atoms with E-state index in [1.54, 1.807) is 18.2 Å². The number of aromatic nitrogens is 7. The number of hydrogen-bond acceptors (Lipinski definition) is 6. The molecule has 0 atom stereocenters. The summed E-state index contributed by atoms with van der Waals surface area (Å²) >= 11 is 0. The van der Waals surface area contributed by atoms with Crippen LogP contribution in [-0.4, -0.2) is 41.1 Å². The number of aromatic amines is 1. The fourth-order valence-corrected chi connectivity index (χ4v) is 3.01. The van der Waals surface area contributed by atoms with E-state index in [4.69, 9.17) is 4.74 Å². The molecule has 1 N–H and O–H groups in total. The lowest BCUT2D eigenvalue weighted by Crippen LogP contribution is -2.15. The lowest BCUT2D eigenvalue weighted by atomic mass is 10.2. The summed E-state index contributed by atoms with van der Waals surface area (Å²) in [6.07, 6.45) is -3.13. The van der Waals surface area contributed by atoms with Crippen LogP contribution in [0.3, 0.4) is 0 Å². The maximum absolute atomic E-state index is 12.8. The van der Waals surface area contributed by atoms with Gasteiger partial charge in [0.25, 0.3) is 0 Å². The molecule has 3 aromatic heterocycles. The predicted octanol–water partition coefficient (Wildman–Crippen LogP) is 3.77. The van der Waals surface area contributed by atoms with Gasteiger partial charge in [-0.05, 0) is 11.6 Å². The minimum atomic E-state index is -4.29. The minimum absolute atomic E-state index is 0.241. The van der Waals surface area contributed by atoms with Crippen molar-refractivity contribution in [2.24, 2.45) is 0 Å². The molecular weight excluding hydrogens is 423 g/mol. The van der Waals surface area contributed by atoms with Gasteiger partial charge in [0.1, 0.15) is 30.3 Å². The zero-order valence-electron chi connectivity index (χ0n) is 17.0. The van der Waals surface area contributed by atoms with E-state index < -0.39 is 12.6 Å². The molecule has 8 nitrogen and oxygen atoms in total. The number of nitrogens with zero attached hydrogens (tertiary/aromatic N) is 6. The van der Waals surface area contributed by atoms with Gasteiger partial charge in [0.15, 0.2) is 5.82 Å². The number of nitrogens with one attached hydrogen (secondary N) is 1. The molecule has 32 heavy (non-hydrogen) atoms. The first kappa shape index (κ1) is 21.5. The fraction of sp³-hybridized carbons (Fsp3) is 0.286. The summed E-state index contributed by atoms with van der Waals surface area (Å²) < 4.78 is 45.3. The minimum Gasteiger partial charge on any atom is -0.473 e. The average molecular weight is 443 g/mol. The second-order valence-corrected chi connectivity index (χ2v) is 7.01. The molecule has 0 amide bonds. The Balaban J connectivity index is 1.52. The first-order chi connectivity index (χ1) is 15.5. The molecule has 0 radical (unpaired) electrons. The van der Waals surface area contributed by atoms with Crippen LogP contribution in [0.5, 0.6) is 5.88 Å². The second kappa shape index (κ2) is 9.58. The molecule has 0 saturated carbocycles. The Morgan fingerprint density at radius 1 is 0.969 bits per heavy atom. The molecule has 166 valence electrons. The van der Waals surface area contributed by atoms with E-state index in [-0.39, 0.29) is 12.4 Å². The predicted molar refractivity (Wildman–Crippen MR) is 108 cm³/mol. The van der Waals surface area contributed by atoms with Crippen molar-refractivity contribution >= 4 is 0 Å². The number of rotatable bonds is 9. The van der Waals surface area contributed by atoms with Gasteiger partial charge in [-0.25, -0.2) is 19.6 Å². The first-order valence-corrected chi connectivity index (χ1v) is 9.95. The Labute approximate surface area is 181 Å². The summed E-state index contributed by atoms with van der Waals surface area (Å²) in [6, 6.07) is 14.8. The van der Waals surface area contributed by atoms with Gasteiger partial charge >= 0.3 is 6.18 Å².